The maximum atomic E-state index is 12.2. The second-order valence-electron chi connectivity index (χ2n) is 8.37. The van der Waals surface area contributed by atoms with Gasteiger partial charge in [0.15, 0.2) is 0 Å². The highest BCUT2D eigenvalue weighted by atomic mass is 16.2. The monoisotopic (exact) mass is 430 g/mol. The molecule has 0 unspecified atom stereocenters. The number of aryl methyl sites for hydroxylation is 2. The first-order chi connectivity index (χ1) is 15.1. The van der Waals surface area contributed by atoms with Crippen molar-refractivity contribution < 1.29 is 19.2 Å². The second kappa shape index (κ2) is 8.75. The van der Waals surface area contributed by atoms with Crippen molar-refractivity contribution in [1.82, 2.24) is 0 Å². The molecule has 0 fully saturated rings. The number of hydrogen-bond acceptors (Lipinski definition) is 4. The second-order valence-corrected chi connectivity index (χ2v) is 8.37. The molecular weight excluding hydrogens is 404 g/mol. The van der Waals surface area contributed by atoms with Gasteiger partial charge in [-0.05, 0) is 54.3 Å². The zero-order chi connectivity index (χ0) is 23.6. The molecule has 0 spiro atoms. The Morgan fingerprint density at radius 3 is 2.03 bits per heavy atom. The number of likely N-dealkylation sites (N-methyl/N-ethyl adjacent to an activating group) is 1. The first-order valence-electron chi connectivity index (χ1n) is 10.3. The number of amides is 3. The van der Waals surface area contributed by atoms with E-state index >= 15 is 0 Å². The summed E-state index contributed by atoms with van der Waals surface area (Å²) in [5.74, 6) is -0.949. The van der Waals surface area contributed by atoms with Crippen LogP contribution in [0.3, 0.4) is 0 Å². The van der Waals surface area contributed by atoms with Gasteiger partial charge in [0, 0.05) is 36.4 Å². The van der Waals surface area contributed by atoms with Gasteiger partial charge in [0.25, 0.3) is 17.7 Å². The number of allylic oxidation sites excluding steroid dienone is 1. The number of anilines is 2. The van der Waals surface area contributed by atoms with E-state index in [0.29, 0.717) is 12.0 Å². The zero-order valence-corrected chi connectivity index (χ0v) is 18.9. The minimum Gasteiger partial charge on any atom is -0.312 e. The van der Waals surface area contributed by atoms with E-state index in [-0.39, 0.29) is 23.1 Å². The third-order valence-corrected chi connectivity index (χ3v) is 5.90. The summed E-state index contributed by atoms with van der Waals surface area (Å²) in [6, 6.07) is 11.7. The van der Waals surface area contributed by atoms with Crippen molar-refractivity contribution in [2.75, 3.05) is 16.8 Å². The van der Waals surface area contributed by atoms with E-state index in [1.165, 1.54) is 34.1 Å². The van der Waals surface area contributed by atoms with Gasteiger partial charge in [-0.3, -0.25) is 19.2 Å². The lowest BCUT2D eigenvalue weighted by atomic mass is 9.77. The molecule has 0 N–H and O–H groups in total. The summed E-state index contributed by atoms with van der Waals surface area (Å²) in [5, 5.41) is 0. The Labute approximate surface area is 187 Å². The molecule has 0 radical (unpaired) electrons. The van der Waals surface area contributed by atoms with Gasteiger partial charge in [0.2, 0.25) is 0 Å². The van der Waals surface area contributed by atoms with E-state index in [2.05, 4.69) is 13.8 Å². The molecule has 6 heteroatoms. The maximum Gasteiger partial charge on any atom is 0.258 e. The maximum absolute atomic E-state index is 12.2. The fourth-order valence-corrected chi connectivity index (χ4v) is 3.87. The molecule has 32 heavy (non-hydrogen) atoms. The normalized spacial score (nSPS) is 13.8. The largest absolute Gasteiger partial charge is 0.312 e. The average Bonchev–Trinajstić information content (AvgIpc) is 3.09. The van der Waals surface area contributed by atoms with Crippen molar-refractivity contribution in [3.63, 3.8) is 0 Å². The van der Waals surface area contributed by atoms with Crippen LogP contribution in [0.2, 0.25) is 0 Å². The van der Waals surface area contributed by atoms with Gasteiger partial charge in [-0.1, -0.05) is 38.1 Å². The molecule has 0 saturated carbocycles. The zero-order valence-electron chi connectivity index (χ0n) is 18.9. The van der Waals surface area contributed by atoms with Gasteiger partial charge >= 0.3 is 0 Å². The van der Waals surface area contributed by atoms with Crippen LogP contribution >= 0.6 is 0 Å². The Bertz CT molecular complexity index is 1160. The SMILES string of the molecule is Cc1cc(C(C)(C)c2ccc(N3C(=O)C=CC3=O)c(C)c2)ccc1N(C)C(=O)/C=C\C=O. The Hall–Kier alpha value is -3.80. The number of rotatable bonds is 6. The Morgan fingerprint density at radius 2 is 1.50 bits per heavy atom. The van der Waals surface area contributed by atoms with Gasteiger partial charge in [0.1, 0.15) is 6.29 Å². The molecule has 1 aliphatic heterocycles. The number of imide groups is 1. The summed E-state index contributed by atoms with van der Waals surface area (Å²) in [7, 11) is 1.67. The molecule has 0 atom stereocenters. The van der Waals surface area contributed by atoms with Crippen molar-refractivity contribution in [1.29, 1.82) is 0 Å². The Morgan fingerprint density at radius 1 is 0.938 bits per heavy atom. The lowest BCUT2D eigenvalue weighted by Gasteiger charge is -2.29. The van der Waals surface area contributed by atoms with Crippen molar-refractivity contribution in [2.24, 2.45) is 0 Å². The van der Waals surface area contributed by atoms with E-state index in [9.17, 15) is 19.2 Å². The van der Waals surface area contributed by atoms with E-state index < -0.39 is 0 Å². The van der Waals surface area contributed by atoms with Crippen LogP contribution in [0.1, 0.15) is 36.1 Å². The van der Waals surface area contributed by atoms with Crippen LogP contribution in [-0.4, -0.2) is 31.1 Å². The van der Waals surface area contributed by atoms with E-state index in [1.807, 2.05) is 50.2 Å². The number of nitrogens with zero attached hydrogens (tertiary/aromatic N) is 2. The molecule has 3 rings (SSSR count). The van der Waals surface area contributed by atoms with E-state index in [1.54, 1.807) is 7.05 Å². The fourth-order valence-electron chi connectivity index (χ4n) is 3.87. The molecule has 0 aromatic heterocycles. The quantitative estimate of drug-likeness (QED) is 0.397. The summed E-state index contributed by atoms with van der Waals surface area (Å²) in [6.45, 7) is 8.03. The number of hydrogen-bond donors (Lipinski definition) is 0. The summed E-state index contributed by atoms with van der Waals surface area (Å²) < 4.78 is 0. The van der Waals surface area contributed by atoms with Crippen LogP contribution in [0.5, 0.6) is 0 Å². The molecule has 0 saturated heterocycles. The minimum absolute atomic E-state index is 0.279. The predicted molar refractivity (Wildman–Crippen MR) is 125 cm³/mol. The number of carbonyl (C=O) groups excluding carboxylic acids is 4. The molecular formula is C26H26N2O4. The van der Waals surface area contributed by atoms with Crippen molar-refractivity contribution in [3.05, 3.63) is 83.0 Å². The van der Waals surface area contributed by atoms with Crippen LogP contribution in [0.25, 0.3) is 0 Å². The first kappa shape index (κ1) is 22.9. The molecule has 164 valence electrons. The third kappa shape index (κ3) is 4.17. The smallest absolute Gasteiger partial charge is 0.258 e. The van der Waals surface area contributed by atoms with E-state index in [0.717, 1.165) is 27.9 Å². The standard InChI is InChI=1S/C26H26N2O4/c1-17-15-19(8-10-21(17)27(5)23(30)7-6-14-29)26(3,4)20-9-11-22(18(2)16-20)28-24(31)12-13-25(28)32/h6-16H,1-5H3/b7-6-. The Balaban J connectivity index is 1.92. The number of carbonyl (C=O) groups is 4. The topological polar surface area (TPSA) is 74.8 Å². The lowest BCUT2D eigenvalue weighted by molar-refractivity contribution is -0.120. The third-order valence-electron chi connectivity index (χ3n) is 5.90. The van der Waals surface area contributed by atoms with Gasteiger partial charge < -0.3 is 4.90 Å². The van der Waals surface area contributed by atoms with E-state index in [4.69, 9.17) is 0 Å². The van der Waals surface area contributed by atoms with Crippen LogP contribution in [0, 0.1) is 13.8 Å². The average molecular weight is 431 g/mol. The first-order valence-corrected chi connectivity index (χ1v) is 10.3. The molecule has 2 aromatic carbocycles. The minimum atomic E-state index is -0.357. The van der Waals surface area contributed by atoms with Gasteiger partial charge in [-0.15, -0.1) is 0 Å². The summed E-state index contributed by atoms with van der Waals surface area (Å²) in [5.41, 5.74) is 4.85. The van der Waals surface area contributed by atoms with Crippen LogP contribution in [0.15, 0.2) is 60.7 Å². The molecule has 1 aliphatic rings. The number of aldehydes is 1. The molecule has 1 heterocycles. The molecule has 0 aliphatic carbocycles. The highest BCUT2D eigenvalue weighted by Gasteiger charge is 2.29. The predicted octanol–water partition coefficient (Wildman–Crippen LogP) is 3.78. The molecule has 0 bridgehead atoms. The summed E-state index contributed by atoms with van der Waals surface area (Å²) in [6.07, 6.45) is 5.54. The number of benzene rings is 2. The van der Waals surface area contributed by atoms with Gasteiger partial charge in [0.05, 0.1) is 5.69 Å². The van der Waals surface area contributed by atoms with Crippen molar-refractivity contribution in [3.8, 4) is 0 Å². The van der Waals surface area contributed by atoms with Crippen LogP contribution in [-0.2, 0) is 24.6 Å². The van der Waals surface area contributed by atoms with Gasteiger partial charge in [-0.2, -0.15) is 0 Å². The highest BCUT2D eigenvalue weighted by Crippen LogP contribution is 2.36. The molecule has 2 aromatic rings. The highest BCUT2D eigenvalue weighted by molar-refractivity contribution is 6.28. The van der Waals surface area contributed by atoms with Crippen LogP contribution in [0.4, 0.5) is 11.4 Å². The van der Waals surface area contributed by atoms with Gasteiger partial charge in [-0.25, -0.2) is 4.90 Å². The van der Waals surface area contributed by atoms with Crippen LogP contribution < -0.4 is 9.80 Å². The van der Waals surface area contributed by atoms with Crippen molar-refractivity contribution >= 4 is 35.4 Å². The summed E-state index contributed by atoms with van der Waals surface area (Å²) in [4.78, 5) is 49.4. The van der Waals surface area contributed by atoms with Crippen molar-refractivity contribution in [2.45, 2.75) is 33.1 Å². The Kier molecular flexibility index (Phi) is 6.25. The summed E-state index contributed by atoms with van der Waals surface area (Å²) >= 11 is 0. The lowest BCUT2D eigenvalue weighted by Crippen LogP contribution is -2.30. The molecule has 3 amide bonds. The molecule has 6 nitrogen and oxygen atoms in total. The fraction of sp³-hybridized carbons (Fsp3) is 0.231.